The van der Waals surface area contributed by atoms with Crippen LogP contribution in [0.4, 0.5) is 0 Å². The highest BCUT2D eigenvalue weighted by molar-refractivity contribution is 4.35. The van der Waals surface area contributed by atoms with Gasteiger partial charge in [0.15, 0.2) is 0 Å². The van der Waals surface area contributed by atoms with Crippen LogP contribution in [0.15, 0.2) is 0 Å². The van der Waals surface area contributed by atoms with Crippen molar-refractivity contribution in [2.45, 2.75) is 0 Å². The normalized spacial score (nSPS) is 12.0. The summed E-state index contributed by atoms with van der Waals surface area (Å²) in [6.07, 6.45) is 0. The Morgan fingerprint density at radius 3 is 1.90 bits per heavy atom. The third-order valence-electron chi connectivity index (χ3n) is 1.40. The second-order valence-electron chi connectivity index (χ2n) is 2.46. The standard InChI is InChI=1S/C6H17N3O/c1-7(2)8(3)6-9(4)10-5/h6H2,1-5H3. The lowest BCUT2D eigenvalue weighted by molar-refractivity contribution is -0.162. The van der Waals surface area contributed by atoms with Crippen molar-refractivity contribution in [3.8, 4) is 0 Å². The van der Waals surface area contributed by atoms with E-state index in [1.54, 1.807) is 12.2 Å². The third kappa shape index (κ3) is 3.79. The maximum absolute atomic E-state index is 4.94. The Morgan fingerprint density at radius 1 is 1.10 bits per heavy atom. The van der Waals surface area contributed by atoms with Crippen LogP contribution >= 0.6 is 0 Å². The summed E-state index contributed by atoms with van der Waals surface area (Å²) in [7, 11) is 9.52. The van der Waals surface area contributed by atoms with Crippen LogP contribution in [-0.4, -0.2) is 57.1 Å². The van der Waals surface area contributed by atoms with E-state index < -0.39 is 0 Å². The molecule has 0 fully saturated rings. The van der Waals surface area contributed by atoms with Crippen molar-refractivity contribution >= 4 is 0 Å². The smallest absolute Gasteiger partial charge is 0.0886 e. The topological polar surface area (TPSA) is 19.0 Å². The molecule has 0 bridgehead atoms. The number of hydroxylamine groups is 2. The van der Waals surface area contributed by atoms with Crippen molar-refractivity contribution in [3.05, 3.63) is 0 Å². The number of rotatable bonds is 4. The molecule has 0 aliphatic carbocycles. The molecular weight excluding hydrogens is 130 g/mol. The summed E-state index contributed by atoms with van der Waals surface area (Å²) in [4.78, 5) is 4.94. The van der Waals surface area contributed by atoms with E-state index in [4.69, 9.17) is 4.84 Å². The van der Waals surface area contributed by atoms with Gasteiger partial charge < -0.3 is 4.84 Å². The Hall–Kier alpha value is -0.160. The molecule has 0 rings (SSSR count). The molecule has 0 N–H and O–H groups in total. The molecule has 0 unspecified atom stereocenters. The molecule has 0 aromatic rings. The minimum atomic E-state index is 0.767. The highest BCUT2D eigenvalue weighted by Crippen LogP contribution is 1.88. The first-order chi connectivity index (χ1) is 4.57. The van der Waals surface area contributed by atoms with Gasteiger partial charge in [0, 0.05) is 28.2 Å². The molecule has 0 saturated carbocycles. The maximum Gasteiger partial charge on any atom is 0.0886 e. The number of nitrogens with zero attached hydrogens (tertiary/aromatic N) is 3. The van der Waals surface area contributed by atoms with Crippen LogP contribution in [0.1, 0.15) is 0 Å². The highest BCUT2D eigenvalue weighted by atomic mass is 16.7. The molecule has 10 heavy (non-hydrogen) atoms. The van der Waals surface area contributed by atoms with E-state index >= 15 is 0 Å². The van der Waals surface area contributed by atoms with Crippen LogP contribution in [0.2, 0.25) is 0 Å². The van der Waals surface area contributed by atoms with Gasteiger partial charge in [0.2, 0.25) is 0 Å². The van der Waals surface area contributed by atoms with E-state index in [1.165, 1.54) is 0 Å². The zero-order chi connectivity index (χ0) is 8.15. The Kier molecular flexibility index (Phi) is 4.55. The SMILES string of the molecule is CON(C)CN(C)N(C)C. The summed E-state index contributed by atoms with van der Waals surface area (Å²) < 4.78 is 0. The minimum Gasteiger partial charge on any atom is -0.301 e. The molecule has 0 aliphatic heterocycles. The van der Waals surface area contributed by atoms with Crippen molar-refractivity contribution in [1.82, 2.24) is 15.1 Å². The molecule has 0 aromatic heterocycles. The summed E-state index contributed by atoms with van der Waals surface area (Å²) >= 11 is 0. The second kappa shape index (κ2) is 4.62. The zero-order valence-electron chi connectivity index (χ0n) is 7.46. The van der Waals surface area contributed by atoms with Crippen molar-refractivity contribution in [2.24, 2.45) is 0 Å². The van der Waals surface area contributed by atoms with Gasteiger partial charge >= 0.3 is 0 Å². The third-order valence-corrected chi connectivity index (χ3v) is 1.40. The van der Waals surface area contributed by atoms with Crippen LogP contribution in [0.3, 0.4) is 0 Å². The predicted molar refractivity (Wildman–Crippen MR) is 41.1 cm³/mol. The fourth-order valence-corrected chi connectivity index (χ4v) is 0.472. The molecule has 0 heterocycles. The van der Waals surface area contributed by atoms with Gasteiger partial charge in [-0.25, -0.2) is 10.0 Å². The first-order valence-electron chi connectivity index (χ1n) is 3.21. The summed E-state index contributed by atoms with van der Waals surface area (Å²) in [5, 5.41) is 5.78. The Balaban J connectivity index is 3.46. The van der Waals surface area contributed by atoms with Gasteiger partial charge in [0.05, 0.1) is 13.8 Å². The van der Waals surface area contributed by atoms with E-state index in [-0.39, 0.29) is 0 Å². The lowest BCUT2D eigenvalue weighted by Crippen LogP contribution is -2.40. The second-order valence-corrected chi connectivity index (χ2v) is 2.46. The Morgan fingerprint density at radius 2 is 1.60 bits per heavy atom. The number of hydrogen-bond donors (Lipinski definition) is 0. The van der Waals surface area contributed by atoms with Crippen LogP contribution < -0.4 is 0 Å². The molecule has 0 spiro atoms. The van der Waals surface area contributed by atoms with Crippen molar-refractivity contribution in [3.63, 3.8) is 0 Å². The van der Waals surface area contributed by atoms with E-state index in [9.17, 15) is 0 Å². The summed E-state index contributed by atoms with van der Waals surface area (Å²) in [5.74, 6) is 0. The van der Waals surface area contributed by atoms with E-state index in [0.29, 0.717) is 0 Å². The van der Waals surface area contributed by atoms with Crippen LogP contribution in [0, 0.1) is 0 Å². The van der Waals surface area contributed by atoms with Crippen LogP contribution in [0.5, 0.6) is 0 Å². The first-order valence-corrected chi connectivity index (χ1v) is 3.21. The van der Waals surface area contributed by atoms with E-state index in [0.717, 1.165) is 6.67 Å². The fourth-order valence-electron chi connectivity index (χ4n) is 0.472. The van der Waals surface area contributed by atoms with Crippen molar-refractivity contribution < 1.29 is 4.84 Å². The van der Waals surface area contributed by atoms with Crippen molar-refractivity contribution in [1.29, 1.82) is 0 Å². The van der Waals surface area contributed by atoms with Crippen LogP contribution in [0.25, 0.3) is 0 Å². The van der Waals surface area contributed by atoms with Gasteiger partial charge in [-0.3, -0.25) is 0 Å². The average molecular weight is 147 g/mol. The Labute approximate surface area is 62.9 Å². The molecule has 4 heteroatoms. The van der Waals surface area contributed by atoms with Crippen LogP contribution in [-0.2, 0) is 4.84 Å². The molecule has 0 radical (unpaired) electrons. The summed E-state index contributed by atoms with van der Waals surface area (Å²) in [5.41, 5.74) is 0. The molecule has 0 amide bonds. The largest absolute Gasteiger partial charge is 0.301 e. The molecule has 0 atom stereocenters. The molecule has 4 nitrogen and oxygen atoms in total. The number of hydrazine groups is 1. The summed E-state index contributed by atoms with van der Waals surface area (Å²) in [6.45, 7) is 0.767. The summed E-state index contributed by atoms with van der Waals surface area (Å²) in [6, 6.07) is 0. The van der Waals surface area contributed by atoms with Gasteiger partial charge in [-0.2, -0.15) is 5.06 Å². The fraction of sp³-hybridized carbons (Fsp3) is 1.00. The highest BCUT2D eigenvalue weighted by Gasteiger charge is 2.02. The van der Waals surface area contributed by atoms with Gasteiger partial charge in [0.25, 0.3) is 0 Å². The van der Waals surface area contributed by atoms with Crippen molar-refractivity contribution in [2.75, 3.05) is 42.0 Å². The van der Waals surface area contributed by atoms with E-state index in [2.05, 4.69) is 0 Å². The number of hydrogen-bond acceptors (Lipinski definition) is 4. The van der Waals surface area contributed by atoms with Gasteiger partial charge in [-0.15, -0.1) is 0 Å². The molecule has 0 aromatic carbocycles. The van der Waals surface area contributed by atoms with Gasteiger partial charge in [0.1, 0.15) is 0 Å². The first kappa shape index (κ1) is 9.84. The van der Waals surface area contributed by atoms with E-state index in [1.807, 2.05) is 38.2 Å². The molecule has 0 aliphatic rings. The molecule has 0 saturated heterocycles. The quantitative estimate of drug-likeness (QED) is 0.406. The maximum atomic E-state index is 4.94. The molecule has 62 valence electrons. The molecular formula is C6H17N3O. The van der Waals surface area contributed by atoms with Gasteiger partial charge in [-0.1, -0.05) is 0 Å². The average Bonchev–Trinajstić information content (AvgIpc) is 1.87. The zero-order valence-corrected chi connectivity index (χ0v) is 7.46. The van der Waals surface area contributed by atoms with Gasteiger partial charge in [-0.05, 0) is 0 Å². The monoisotopic (exact) mass is 147 g/mol. The predicted octanol–water partition coefficient (Wildman–Crippen LogP) is -0.154. The lowest BCUT2D eigenvalue weighted by atomic mass is 10.9. The lowest BCUT2D eigenvalue weighted by Gasteiger charge is -2.27. The minimum absolute atomic E-state index is 0.767. The Bertz CT molecular complexity index is 87.1.